The third-order valence-electron chi connectivity index (χ3n) is 6.31. The Kier molecular flexibility index (Phi) is 4.96. The van der Waals surface area contributed by atoms with Crippen LogP contribution in [-0.2, 0) is 13.1 Å². The van der Waals surface area contributed by atoms with Gasteiger partial charge in [0.2, 0.25) is 0 Å². The van der Waals surface area contributed by atoms with Crippen molar-refractivity contribution in [2.24, 2.45) is 11.5 Å². The minimum Gasteiger partial charge on any atom is -0.326 e. The fourth-order valence-electron chi connectivity index (χ4n) is 4.96. The molecule has 0 aliphatic heterocycles. The van der Waals surface area contributed by atoms with Crippen LogP contribution in [0.3, 0.4) is 0 Å². The van der Waals surface area contributed by atoms with Crippen LogP contribution in [0.25, 0.3) is 11.1 Å². The topological polar surface area (TPSA) is 52.0 Å². The molecule has 0 bridgehead atoms. The molecule has 30 heavy (non-hydrogen) atoms. The van der Waals surface area contributed by atoms with Gasteiger partial charge in [-0.25, -0.2) is 0 Å². The first-order valence-corrected chi connectivity index (χ1v) is 10.6. The van der Waals surface area contributed by atoms with E-state index in [4.69, 9.17) is 11.5 Å². The van der Waals surface area contributed by atoms with Gasteiger partial charge in [-0.2, -0.15) is 0 Å². The molecule has 0 amide bonds. The Morgan fingerprint density at radius 3 is 1.50 bits per heavy atom. The molecule has 1 aliphatic rings. The van der Waals surface area contributed by atoms with E-state index in [1.165, 1.54) is 33.4 Å². The van der Waals surface area contributed by atoms with Crippen LogP contribution in [0, 0.1) is 0 Å². The smallest absolute Gasteiger partial charge is 0.0211 e. The monoisotopic (exact) mass is 390 g/mol. The quantitative estimate of drug-likeness (QED) is 0.469. The molecule has 0 aromatic heterocycles. The van der Waals surface area contributed by atoms with Crippen molar-refractivity contribution < 1.29 is 0 Å². The van der Waals surface area contributed by atoms with Gasteiger partial charge in [-0.1, -0.05) is 97.1 Å². The summed E-state index contributed by atoms with van der Waals surface area (Å²) in [5, 5.41) is 0. The van der Waals surface area contributed by atoms with E-state index in [-0.39, 0.29) is 11.8 Å². The van der Waals surface area contributed by atoms with Gasteiger partial charge in [-0.15, -0.1) is 0 Å². The summed E-state index contributed by atoms with van der Waals surface area (Å²) < 4.78 is 0. The number of benzene rings is 4. The summed E-state index contributed by atoms with van der Waals surface area (Å²) >= 11 is 0. The number of hydrogen-bond acceptors (Lipinski definition) is 2. The Labute approximate surface area is 178 Å². The largest absolute Gasteiger partial charge is 0.326 e. The van der Waals surface area contributed by atoms with Crippen LogP contribution in [0.5, 0.6) is 0 Å². The van der Waals surface area contributed by atoms with Crippen LogP contribution < -0.4 is 11.5 Å². The summed E-state index contributed by atoms with van der Waals surface area (Å²) in [6.45, 7) is 1.09. The normalized spacial score (nSPS) is 12.8. The maximum atomic E-state index is 5.99. The zero-order valence-corrected chi connectivity index (χ0v) is 17.0. The lowest BCUT2D eigenvalue weighted by Crippen LogP contribution is -2.14. The van der Waals surface area contributed by atoms with E-state index >= 15 is 0 Å². The number of fused-ring (bicyclic) bond motifs is 3. The predicted octanol–water partition coefficient (Wildman–Crippen LogP) is 5.55. The van der Waals surface area contributed by atoms with Gasteiger partial charge >= 0.3 is 0 Å². The van der Waals surface area contributed by atoms with E-state index in [1.807, 2.05) is 0 Å². The molecule has 0 saturated heterocycles. The Morgan fingerprint density at radius 1 is 0.567 bits per heavy atom. The molecule has 0 unspecified atom stereocenters. The molecule has 0 fully saturated rings. The molecule has 0 radical (unpaired) electrons. The van der Waals surface area contributed by atoms with Crippen molar-refractivity contribution >= 4 is 0 Å². The summed E-state index contributed by atoms with van der Waals surface area (Å²) in [7, 11) is 0. The molecule has 148 valence electrons. The molecule has 4 aromatic rings. The average Bonchev–Trinajstić information content (AvgIpc) is 3.14. The zero-order chi connectivity index (χ0) is 20.5. The molecular weight excluding hydrogens is 364 g/mol. The van der Waals surface area contributed by atoms with Gasteiger partial charge in [0.1, 0.15) is 0 Å². The second-order valence-corrected chi connectivity index (χ2v) is 8.03. The van der Waals surface area contributed by atoms with Gasteiger partial charge in [0.25, 0.3) is 0 Å². The number of nitrogens with two attached hydrogens (primary N) is 2. The molecule has 2 nitrogen and oxygen atoms in total. The standard InChI is InChI=1S/C28H26N2/c29-17-19-7-5-9-21(15-19)27(22-10-6-8-20(16-22)18-30)28-25-13-3-1-11-23(25)24-12-2-4-14-26(24)28/h1-16,27-28H,17-18,29-30H2. The van der Waals surface area contributed by atoms with Gasteiger partial charge in [-0.05, 0) is 44.5 Å². The first-order valence-electron chi connectivity index (χ1n) is 10.6. The predicted molar refractivity (Wildman–Crippen MR) is 124 cm³/mol. The minimum absolute atomic E-state index is 0.188. The minimum atomic E-state index is 0.188. The third-order valence-corrected chi connectivity index (χ3v) is 6.31. The molecule has 4 N–H and O–H groups in total. The van der Waals surface area contributed by atoms with E-state index in [1.54, 1.807) is 0 Å². The lowest BCUT2D eigenvalue weighted by molar-refractivity contribution is 0.705. The summed E-state index contributed by atoms with van der Waals surface area (Å²) in [5.41, 5.74) is 22.4. The summed E-state index contributed by atoms with van der Waals surface area (Å²) in [5.74, 6) is 0.436. The van der Waals surface area contributed by atoms with Gasteiger partial charge in [-0.3, -0.25) is 0 Å². The summed E-state index contributed by atoms with van der Waals surface area (Å²) in [6.07, 6.45) is 0. The molecule has 0 heterocycles. The summed E-state index contributed by atoms with van der Waals surface area (Å²) in [6, 6.07) is 35.1. The molecular formula is C28H26N2. The Morgan fingerprint density at radius 2 is 1.03 bits per heavy atom. The van der Waals surface area contributed by atoms with Gasteiger partial charge in [0.15, 0.2) is 0 Å². The number of hydrogen-bond donors (Lipinski definition) is 2. The van der Waals surface area contributed by atoms with Gasteiger partial charge in [0, 0.05) is 24.9 Å². The van der Waals surface area contributed by atoms with E-state index in [0.717, 1.165) is 11.1 Å². The molecule has 2 heteroatoms. The van der Waals surface area contributed by atoms with E-state index < -0.39 is 0 Å². The molecule has 0 saturated carbocycles. The first-order chi connectivity index (χ1) is 14.8. The second kappa shape index (κ2) is 7.91. The van der Waals surface area contributed by atoms with Crippen molar-refractivity contribution in [1.29, 1.82) is 0 Å². The molecule has 1 aliphatic carbocycles. The highest BCUT2D eigenvalue weighted by molar-refractivity contribution is 5.79. The van der Waals surface area contributed by atoms with Crippen LogP contribution in [0.15, 0.2) is 97.1 Å². The fourth-order valence-corrected chi connectivity index (χ4v) is 4.96. The highest BCUT2D eigenvalue weighted by Gasteiger charge is 2.35. The Bertz CT molecular complexity index is 1100. The van der Waals surface area contributed by atoms with Gasteiger partial charge < -0.3 is 11.5 Å². The van der Waals surface area contributed by atoms with E-state index in [2.05, 4.69) is 97.1 Å². The van der Waals surface area contributed by atoms with Crippen molar-refractivity contribution in [1.82, 2.24) is 0 Å². The maximum absolute atomic E-state index is 5.99. The third kappa shape index (κ3) is 3.15. The molecule has 0 spiro atoms. The van der Waals surface area contributed by atoms with E-state index in [0.29, 0.717) is 13.1 Å². The second-order valence-electron chi connectivity index (χ2n) is 8.03. The van der Waals surface area contributed by atoms with Crippen LogP contribution in [0.1, 0.15) is 45.2 Å². The van der Waals surface area contributed by atoms with Crippen LogP contribution in [-0.4, -0.2) is 0 Å². The van der Waals surface area contributed by atoms with Crippen LogP contribution in [0.2, 0.25) is 0 Å². The van der Waals surface area contributed by atoms with Crippen molar-refractivity contribution in [2.75, 3.05) is 0 Å². The average molecular weight is 391 g/mol. The lowest BCUT2D eigenvalue weighted by atomic mass is 9.75. The maximum Gasteiger partial charge on any atom is 0.0211 e. The molecule has 0 atom stereocenters. The number of rotatable bonds is 5. The lowest BCUT2D eigenvalue weighted by Gasteiger charge is -2.28. The Balaban J connectivity index is 1.76. The first kappa shape index (κ1) is 18.8. The van der Waals surface area contributed by atoms with Gasteiger partial charge in [0.05, 0.1) is 0 Å². The van der Waals surface area contributed by atoms with Crippen LogP contribution in [0.4, 0.5) is 0 Å². The molecule has 5 rings (SSSR count). The highest BCUT2D eigenvalue weighted by Crippen LogP contribution is 2.52. The molecule has 4 aromatic carbocycles. The highest BCUT2D eigenvalue weighted by atomic mass is 14.5. The fraction of sp³-hybridized carbons (Fsp3) is 0.143. The van der Waals surface area contributed by atoms with E-state index in [9.17, 15) is 0 Å². The zero-order valence-electron chi connectivity index (χ0n) is 17.0. The van der Waals surface area contributed by atoms with Crippen molar-refractivity contribution in [3.63, 3.8) is 0 Å². The van der Waals surface area contributed by atoms with Crippen molar-refractivity contribution in [3.05, 3.63) is 130 Å². The Hall–Kier alpha value is -3.20. The van der Waals surface area contributed by atoms with Crippen molar-refractivity contribution in [2.45, 2.75) is 24.9 Å². The van der Waals surface area contributed by atoms with Crippen LogP contribution >= 0.6 is 0 Å². The SMILES string of the molecule is NCc1cccc(C(c2cccc(CN)c2)C2c3ccccc3-c3ccccc32)c1. The van der Waals surface area contributed by atoms with Crippen molar-refractivity contribution in [3.8, 4) is 11.1 Å². The summed E-state index contributed by atoms with van der Waals surface area (Å²) in [4.78, 5) is 0.